The van der Waals surface area contributed by atoms with E-state index < -0.39 is 24.3 Å². The number of imidazole rings is 2. The second kappa shape index (κ2) is 16.7. The van der Waals surface area contributed by atoms with E-state index in [2.05, 4.69) is 25.6 Å². The van der Waals surface area contributed by atoms with Crippen LogP contribution in [0.5, 0.6) is 0 Å². The van der Waals surface area contributed by atoms with Crippen LogP contribution in [0.15, 0.2) is 53.2 Å². The number of aromatic nitrogens is 5. The largest absolute Gasteiger partial charge is 0.453 e. The Kier molecular flexibility index (Phi) is 11.5. The molecule has 0 spiro atoms. The van der Waals surface area contributed by atoms with Crippen molar-refractivity contribution in [2.24, 2.45) is 11.8 Å². The number of benzene rings is 2. The average molecular weight is 794 g/mol. The fourth-order valence-corrected chi connectivity index (χ4v) is 8.07. The number of amides is 4. The molecule has 3 aromatic heterocycles. The molecule has 16 nitrogen and oxygen atoms in total. The minimum absolute atomic E-state index is 0.121. The van der Waals surface area contributed by atoms with Crippen LogP contribution in [-0.4, -0.2) is 98.1 Å². The fraction of sp³-hybridized carbons (Fsp3) is 0.452. The molecule has 4 atom stereocenters. The van der Waals surface area contributed by atoms with Gasteiger partial charge in [-0.2, -0.15) is 0 Å². The minimum atomic E-state index is -0.721. The zero-order valence-corrected chi connectivity index (χ0v) is 33.9. The Morgan fingerprint density at radius 1 is 0.724 bits per heavy atom. The van der Waals surface area contributed by atoms with E-state index in [1.807, 2.05) is 71.0 Å². The van der Waals surface area contributed by atoms with E-state index in [1.165, 1.54) is 14.2 Å². The zero-order valence-electron chi connectivity index (χ0n) is 33.9. The first-order chi connectivity index (χ1) is 27.9. The second-order valence-corrected chi connectivity index (χ2v) is 15.6. The number of likely N-dealkylation sites (tertiary alicyclic amines) is 2. The summed E-state index contributed by atoms with van der Waals surface area (Å²) in [7, 11) is 2.57. The number of alkyl carbamates (subject to hydrolysis) is 2. The standard InChI is InChI=1S/C42H51N9O7/c1-22(2)33(48-41(54)56-6)39(52)50-18-8-10-31(50)37-43-20-29(46-37)26-14-12-25(13-15-26)27-16-17-28(35-36(27)58-24(5)45-35)30-21-44-38(47-30)32-11-9-19-51(32)40(53)34(23(3)4)49-42(55)57-7/h12-17,20-23,31-34H,8-11,18-19H2,1-7H3,(H,43,46)(H,44,47)(H,48,54)(H,49,55)/t31-,32-,33-,34-/m0/s1. The Morgan fingerprint density at radius 2 is 1.21 bits per heavy atom. The van der Waals surface area contributed by atoms with Crippen LogP contribution < -0.4 is 10.6 Å². The number of oxazole rings is 1. The van der Waals surface area contributed by atoms with Crippen molar-refractivity contribution in [1.82, 2.24) is 45.4 Å². The highest BCUT2D eigenvalue weighted by Gasteiger charge is 2.39. The second-order valence-electron chi connectivity index (χ2n) is 15.6. The molecule has 7 rings (SSSR count). The van der Waals surface area contributed by atoms with Gasteiger partial charge in [0.05, 0.1) is 50.1 Å². The summed E-state index contributed by atoms with van der Waals surface area (Å²) in [4.78, 5) is 75.9. The Morgan fingerprint density at radius 3 is 1.72 bits per heavy atom. The lowest BCUT2D eigenvalue weighted by Gasteiger charge is -2.30. The van der Waals surface area contributed by atoms with Crippen LogP contribution in [0, 0.1) is 18.8 Å². The highest BCUT2D eigenvalue weighted by atomic mass is 16.5. The van der Waals surface area contributed by atoms with E-state index in [0.29, 0.717) is 41.7 Å². The van der Waals surface area contributed by atoms with Crippen LogP contribution in [0.25, 0.3) is 44.7 Å². The van der Waals surface area contributed by atoms with Gasteiger partial charge in [0.2, 0.25) is 11.8 Å². The molecule has 306 valence electrons. The molecule has 0 unspecified atom stereocenters. The Balaban J connectivity index is 1.09. The van der Waals surface area contributed by atoms with Gasteiger partial charge < -0.3 is 44.3 Å². The number of carbonyl (C=O) groups excluding carboxylic acids is 4. The highest BCUT2D eigenvalue weighted by Crippen LogP contribution is 2.39. The van der Waals surface area contributed by atoms with Gasteiger partial charge in [-0.1, -0.05) is 52.0 Å². The van der Waals surface area contributed by atoms with Gasteiger partial charge in [-0.3, -0.25) is 9.59 Å². The maximum absolute atomic E-state index is 13.7. The van der Waals surface area contributed by atoms with Gasteiger partial charge in [0, 0.05) is 31.1 Å². The van der Waals surface area contributed by atoms with Gasteiger partial charge in [0.15, 0.2) is 11.5 Å². The summed E-state index contributed by atoms with van der Waals surface area (Å²) in [6.07, 6.45) is 5.41. The quantitative estimate of drug-likeness (QED) is 0.112. The lowest BCUT2D eigenvalue weighted by molar-refractivity contribution is -0.136. The first-order valence-electron chi connectivity index (χ1n) is 19.8. The number of carbonyl (C=O) groups is 4. The number of methoxy groups -OCH3 is 2. The summed E-state index contributed by atoms with van der Waals surface area (Å²) in [6.45, 7) is 10.5. The normalized spacial score (nSPS) is 17.9. The van der Waals surface area contributed by atoms with E-state index in [9.17, 15) is 19.2 Å². The maximum Gasteiger partial charge on any atom is 0.407 e. The molecular weight excluding hydrogens is 743 g/mol. The molecule has 58 heavy (non-hydrogen) atoms. The highest BCUT2D eigenvalue weighted by molar-refractivity contribution is 5.99. The third-order valence-electron chi connectivity index (χ3n) is 11.1. The average Bonchev–Trinajstić information content (AvgIpc) is 4.06. The summed E-state index contributed by atoms with van der Waals surface area (Å²) < 4.78 is 15.7. The number of hydrogen-bond acceptors (Lipinski definition) is 10. The number of nitrogens with zero attached hydrogens (tertiary/aromatic N) is 5. The van der Waals surface area contributed by atoms with E-state index in [0.717, 1.165) is 59.3 Å². The molecule has 2 saturated heterocycles. The van der Waals surface area contributed by atoms with Gasteiger partial charge in [0.1, 0.15) is 29.2 Å². The molecule has 16 heteroatoms. The van der Waals surface area contributed by atoms with Gasteiger partial charge >= 0.3 is 12.2 Å². The van der Waals surface area contributed by atoms with Crippen molar-refractivity contribution in [3.63, 3.8) is 0 Å². The fourth-order valence-electron chi connectivity index (χ4n) is 8.07. The minimum Gasteiger partial charge on any atom is -0.453 e. The number of hydrogen-bond donors (Lipinski definition) is 4. The number of nitrogens with one attached hydrogen (secondary N) is 4. The lowest BCUT2D eigenvalue weighted by atomic mass is 9.99. The first-order valence-corrected chi connectivity index (χ1v) is 19.8. The van der Waals surface area contributed by atoms with E-state index in [-0.39, 0.29) is 35.7 Å². The molecule has 4 amide bonds. The summed E-state index contributed by atoms with van der Waals surface area (Å²) in [5.41, 5.74) is 6.46. The van der Waals surface area contributed by atoms with Crippen molar-refractivity contribution in [3.8, 4) is 33.6 Å². The van der Waals surface area contributed by atoms with Crippen molar-refractivity contribution in [1.29, 1.82) is 0 Å². The Bertz CT molecular complexity index is 2290. The van der Waals surface area contributed by atoms with Crippen molar-refractivity contribution in [2.45, 2.75) is 84.5 Å². The third kappa shape index (κ3) is 7.87. The van der Waals surface area contributed by atoms with Gasteiger partial charge in [0.25, 0.3) is 0 Å². The number of rotatable bonds is 11. The number of H-pyrrole nitrogens is 2. The first kappa shape index (κ1) is 40.0. The number of ether oxygens (including phenoxy) is 2. The lowest BCUT2D eigenvalue weighted by Crippen LogP contribution is -2.51. The van der Waals surface area contributed by atoms with Crippen molar-refractivity contribution >= 4 is 35.1 Å². The molecule has 4 N–H and O–H groups in total. The Hall–Kier alpha value is -6.19. The predicted molar refractivity (Wildman–Crippen MR) is 215 cm³/mol. The zero-order chi connectivity index (χ0) is 41.2. The summed E-state index contributed by atoms with van der Waals surface area (Å²) in [5.74, 6) is 1.31. The molecule has 2 aliphatic heterocycles. The maximum atomic E-state index is 13.7. The monoisotopic (exact) mass is 793 g/mol. The molecule has 2 aliphatic rings. The molecule has 2 aromatic carbocycles. The molecule has 0 radical (unpaired) electrons. The van der Waals surface area contributed by atoms with E-state index >= 15 is 0 Å². The predicted octanol–water partition coefficient (Wildman–Crippen LogP) is 6.67. The SMILES string of the molecule is COC(=O)N[C@H](C(=O)N1CCC[C@H]1c1ncc(-c2ccc(-c3ccc(-c4cnc([C@@H]5CCCN5C(=O)[C@@H](NC(=O)OC)C(C)C)[nH]4)c4nc(C)oc34)cc2)[nH]1)C(C)C. The summed E-state index contributed by atoms with van der Waals surface area (Å²) >= 11 is 0. The topological polar surface area (TPSA) is 201 Å². The molecule has 5 aromatic rings. The van der Waals surface area contributed by atoms with Crippen molar-refractivity contribution in [2.75, 3.05) is 27.3 Å². The van der Waals surface area contributed by atoms with Crippen LogP contribution in [0.3, 0.4) is 0 Å². The molecule has 0 saturated carbocycles. The van der Waals surface area contributed by atoms with Gasteiger partial charge in [-0.05, 0) is 60.8 Å². The van der Waals surface area contributed by atoms with E-state index in [4.69, 9.17) is 23.9 Å². The van der Waals surface area contributed by atoms with Gasteiger partial charge in [-0.25, -0.2) is 24.5 Å². The molecule has 0 bridgehead atoms. The number of aryl methyl sites for hydroxylation is 1. The van der Waals surface area contributed by atoms with Crippen LogP contribution in [0.2, 0.25) is 0 Å². The van der Waals surface area contributed by atoms with Crippen molar-refractivity contribution in [3.05, 3.63) is 66.3 Å². The van der Waals surface area contributed by atoms with Gasteiger partial charge in [-0.15, -0.1) is 0 Å². The van der Waals surface area contributed by atoms with E-state index in [1.54, 1.807) is 22.2 Å². The summed E-state index contributed by atoms with van der Waals surface area (Å²) in [5, 5.41) is 5.39. The smallest absolute Gasteiger partial charge is 0.407 e. The van der Waals surface area contributed by atoms with Crippen LogP contribution >= 0.6 is 0 Å². The van der Waals surface area contributed by atoms with Crippen molar-refractivity contribution < 1.29 is 33.1 Å². The number of aromatic amines is 2. The van der Waals surface area contributed by atoms with Crippen LogP contribution in [0.4, 0.5) is 9.59 Å². The molecule has 5 heterocycles. The molecule has 0 aliphatic carbocycles. The molecule has 2 fully saturated rings. The molecular formula is C42H51N9O7. The third-order valence-corrected chi connectivity index (χ3v) is 11.1. The Labute approximate surface area is 336 Å². The number of fused-ring (bicyclic) bond motifs is 1. The van der Waals surface area contributed by atoms with Crippen LogP contribution in [0.1, 0.15) is 83.0 Å². The summed E-state index contributed by atoms with van der Waals surface area (Å²) in [6, 6.07) is 10.2. The van der Waals surface area contributed by atoms with Crippen LogP contribution in [-0.2, 0) is 19.1 Å².